The van der Waals surface area contributed by atoms with E-state index in [1.54, 1.807) is 0 Å². The van der Waals surface area contributed by atoms with Gasteiger partial charge in [0.2, 0.25) is 0 Å². The molecule has 1 aromatic rings. The third-order valence-corrected chi connectivity index (χ3v) is 3.75. The average Bonchev–Trinajstić information content (AvgIpc) is 2.62. The lowest BCUT2D eigenvalue weighted by atomic mass is 10.0. The van der Waals surface area contributed by atoms with Crippen molar-refractivity contribution in [3.05, 3.63) is 59.3 Å². The summed E-state index contributed by atoms with van der Waals surface area (Å²) in [6, 6.07) is 8.60. The largest absolute Gasteiger partial charge is 0.341 e. The van der Waals surface area contributed by atoms with Crippen LogP contribution in [0.5, 0.6) is 0 Å². The second-order valence-corrected chi connectivity index (χ2v) is 5.04. The molecule has 0 atom stereocenters. The summed E-state index contributed by atoms with van der Waals surface area (Å²) in [5.41, 5.74) is 11.1. The van der Waals surface area contributed by atoms with Crippen LogP contribution in [-0.2, 0) is 0 Å². The first-order chi connectivity index (χ1) is 9.40. The van der Waals surface area contributed by atoms with Crippen molar-refractivity contribution in [1.29, 1.82) is 0 Å². The number of nitrogens with two attached hydrogens (primary N) is 1. The molecule has 1 heterocycles. The van der Waals surface area contributed by atoms with Crippen molar-refractivity contribution in [3.63, 3.8) is 0 Å². The number of benzene rings is 1. The van der Waals surface area contributed by atoms with Gasteiger partial charge in [0.25, 0.3) is 0 Å². The molecule has 0 amide bonds. The van der Waals surface area contributed by atoms with Gasteiger partial charge in [0.05, 0.1) is 0 Å². The van der Waals surface area contributed by atoms with Crippen LogP contribution in [0.1, 0.15) is 24.8 Å². The van der Waals surface area contributed by atoms with Crippen LogP contribution in [0.2, 0.25) is 0 Å². The molecule has 19 heavy (non-hydrogen) atoms. The number of rotatable bonds is 3. The number of allylic oxidation sites excluding steroid dienone is 4. The molecule has 0 spiro atoms. The highest BCUT2D eigenvalue weighted by atomic mass is 15.1. The fraction of sp³-hybridized carbons (Fsp3) is 0.294. The Bertz CT molecular complexity index is 552. The average molecular weight is 252 g/mol. The molecule has 98 valence electrons. The van der Waals surface area contributed by atoms with E-state index in [9.17, 15) is 0 Å². The molecular formula is C17H20N2. The van der Waals surface area contributed by atoms with E-state index in [2.05, 4.69) is 53.5 Å². The van der Waals surface area contributed by atoms with E-state index in [1.807, 2.05) is 0 Å². The summed E-state index contributed by atoms with van der Waals surface area (Å²) in [4.78, 5) is 2.42. The van der Waals surface area contributed by atoms with Gasteiger partial charge >= 0.3 is 0 Å². The number of hydrogen-bond acceptors (Lipinski definition) is 2. The Morgan fingerprint density at radius 1 is 1.11 bits per heavy atom. The van der Waals surface area contributed by atoms with Gasteiger partial charge in [-0.1, -0.05) is 36.4 Å². The lowest BCUT2D eigenvalue weighted by Gasteiger charge is -2.29. The van der Waals surface area contributed by atoms with Crippen LogP contribution in [-0.4, -0.2) is 13.1 Å². The van der Waals surface area contributed by atoms with Crippen molar-refractivity contribution in [1.82, 2.24) is 0 Å². The minimum absolute atomic E-state index is 0.735. The molecule has 1 aliphatic carbocycles. The van der Waals surface area contributed by atoms with Crippen molar-refractivity contribution < 1.29 is 0 Å². The van der Waals surface area contributed by atoms with Crippen LogP contribution >= 0.6 is 0 Å². The highest BCUT2D eigenvalue weighted by molar-refractivity contribution is 5.75. The maximum atomic E-state index is 5.70. The smallest absolute Gasteiger partial charge is 0.0484 e. The Labute approximate surface area is 114 Å². The fourth-order valence-electron chi connectivity index (χ4n) is 2.79. The SMILES string of the molecule is NCCCN1C2=C(C=Cc3ccccc31)CCC=C2. The summed E-state index contributed by atoms with van der Waals surface area (Å²) in [7, 11) is 0. The monoisotopic (exact) mass is 252 g/mol. The van der Waals surface area contributed by atoms with Gasteiger partial charge in [0.1, 0.15) is 0 Å². The molecule has 2 nitrogen and oxygen atoms in total. The molecule has 0 unspecified atom stereocenters. The van der Waals surface area contributed by atoms with Crippen LogP contribution in [0.4, 0.5) is 5.69 Å². The van der Waals surface area contributed by atoms with Gasteiger partial charge in [-0.25, -0.2) is 0 Å². The highest BCUT2D eigenvalue weighted by Crippen LogP contribution is 2.34. The number of para-hydroxylation sites is 1. The first kappa shape index (κ1) is 12.2. The van der Waals surface area contributed by atoms with Gasteiger partial charge in [-0.15, -0.1) is 0 Å². The van der Waals surface area contributed by atoms with Crippen molar-refractivity contribution in [3.8, 4) is 0 Å². The van der Waals surface area contributed by atoms with Gasteiger partial charge < -0.3 is 10.6 Å². The predicted octanol–water partition coefficient (Wildman–Crippen LogP) is 3.47. The molecule has 1 aromatic carbocycles. The Kier molecular flexibility index (Phi) is 3.51. The number of anilines is 1. The molecule has 0 aromatic heterocycles. The molecule has 2 N–H and O–H groups in total. The molecule has 2 aliphatic rings. The van der Waals surface area contributed by atoms with E-state index in [1.165, 1.54) is 22.5 Å². The number of fused-ring (bicyclic) bond motifs is 1. The fourth-order valence-corrected chi connectivity index (χ4v) is 2.79. The summed E-state index contributed by atoms with van der Waals surface area (Å²) in [5.74, 6) is 0. The lowest BCUT2D eigenvalue weighted by molar-refractivity contribution is 0.790. The van der Waals surface area contributed by atoms with Gasteiger partial charge in [0.15, 0.2) is 0 Å². The first-order valence-electron chi connectivity index (χ1n) is 7.04. The topological polar surface area (TPSA) is 29.3 Å². The Balaban J connectivity index is 2.06. The molecule has 0 fully saturated rings. The second kappa shape index (κ2) is 5.45. The Hall–Kier alpha value is -1.80. The molecule has 0 bridgehead atoms. The molecule has 0 radical (unpaired) electrons. The molecular weight excluding hydrogens is 232 g/mol. The molecule has 0 saturated carbocycles. The minimum atomic E-state index is 0.735. The summed E-state index contributed by atoms with van der Waals surface area (Å²) < 4.78 is 0. The van der Waals surface area contributed by atoms with Crippen LogP contribution < -0.4 is 10.6 Å². The van der Waals surface area contributed by atoms with E-state index >= 15 is 0 Å². The van der Waals surface area contributed by atoms with Crippen molar-refractivity contribution in [2.45, 2.75) is 19.3 Å². The van der Waals surface area contributed by atoms with Crippen molar-refractivity contribution >= 4 is 11.8 Å². The summed E-state index contributed by atoms with van der Waals surface area (Å²) in [6.45, 7) is 1.72. The van der Waals surface area contributed by atoms with Gasteiger partial charge in [-0.2, -0.15) is 0 Å². The third kappa shape index (κ3) is 2.36. The summed E-state index contributed by atoms with van der Waals surface area (Å²) >= 11 is 0. The van der Waals surface area contributed by atoms with Gasteiger partial charge in [0, 0.05) is 17.9 Å². The first-order valence-corrected chi connectivity index (χ1v) is 7.04. The number of hydrogen-bond donors (Lipinski definition) is 1. The van der Waals surface area contributed by atoms with E-state index in [0.29, 0.717) is 0 Å². The van der Waals surface area contributed by atoms with E-state index < -0.39 is 0 Å². The molecule has 0 saturated heterocycles. The van der Waals surface area contributed by atoms with Crippen LogP contribution in [0.25, 0.3) is 6.08 Å². The maximum absolute atomic E-state index is 5.70. The standard InChI is InChI=1S/C17H20N2/c18-12-5-13-19-16-8-3-1-6-14(16)10-11-15-7-2-4-9-17(15)19/h1,3-4,6,8-11H,2,5,7,12-13,18H2. The van der Waals surface area contributed by atoms with E-state index in [0.717, 1.165) is 32.4 Å². The zero-order valence-electron chi connectivity index (χ0n) is 11.2. The zero-order chi connectivity index (χ0) is 13.1. The van der Waals surface area contributed by atoms with Crippen molar-refractivity contribution in [2.24, 2.45) is 5.73 Å². The third-order valence-electron chi connectivity index (χ3n) is 3.75. The summed E-state index contributed by atoms with van der Waals surface area (Å²) in [5, 5.41) is 0. The Morgan fingerprint density at radius 3 is 2.89 bits per heavy atom. The molecule has 1 aliphatic heterocycles. The number of nitrogens with zero attached hydrogens (tertiary/aromatic N) is 1. The van der Waals surface area contributed by atoms with E-state index in [-0.39, 0.29) is 0 Å². The van der Waals surface area contributed by atoms with Crippen LogP contribution in [0.3, 0.4) is 0 Å². The maximum Gasteiger partial charge on any atom is 0.0484 e. The highest BCUT2D eigenvalue weighted by Gasteiger charge is 2.19. The van der Waals surface area contributed by atoms with Crippen LogP contribution in [0.15, 0.2) is 53.8 Å². The quantitative estimate of drug-likeness (QED) is 0.892. The van der Waals surface area contributed by atoms with E-state index in [4.69, 9.17) is 5.73 Å². The molecule has 2 heteroatoms. The molecule has 3 rings (SSSR count). The normalized spacial score (nSPS) is 17.2. The van der Waals surface area contributed by atoms with Crippen molar-refractivity contribution in [2.75, 3.05) is 18.0 Å². The lowest BCUT2D eigenvalue weighted by Crippen LogP contribution is -2.26. The van der Waals surface area contributed by atoms with Gasteiger partial charge in [-0.3, -0.25) is 0 Å². The van der Waals surface area contributed by atoms with Crippen LogP contribution in [0, 0.1) is 0 Å². The van der Waals surface area contributed by atoms with Gasteiger partial charge in [-0.05, 0) is 49.1 Å². The summed E-state index contributed by atoms with van der Waals surface area (Å²) in [6.07, 6.45) is 12.4. The Morgan fingerprint density at radius 2 is 2.00 bits per heavy atom. The minimum Gasteiger partial charge on any atom is -0.341 e. The predicted molar refractivity (Wildman–Crippen MR) is 81.9 cm³/mol. The zero-order valence-corrected chi connectivity index (χ0v) is 11.2. The second-order valence-electron chi connectivity index (χ2n) is 5.04.